The van der Waals surface area contributed by atoms with E-state index in [4.69, 9.17) is 5.26 Å². The predicted octanol–water partition coefficient (Wildman–Crippen LogP) is 4.22. The van der Waals surface area contributed by atoms with Gasteiger partial charge in [-0.1, -0.05) is 57.2 Å². The third kappa shape index (κ3) is 4.88. The molecular formula is C15H22O3. The second-order valence-electron chi connectivity index (χ2n) is 4.55. The molecule has 1 N–H and O–H groups in total. The van der Waals surface area contributed by atoms with Crippen molar-refractivity contribution in [2.75, 3.05) is 0 Å². The molecule has 3 nitrogen and oxygen atoms in total. The summed E-state index contributed by atoms with van der Waals surface area (Å²) in [5, 5.41) is 8.43. The van der Waals surface area contributed by atoms with Crippen LogP contribution >= 0.6 is 0 Å². The molecule has 0 saturated carbocycles. The van der Waals surface area contributed by atoms with Crippen molar-refractivity contribution in [3.8, 4) is 0 Å². The topological polar surface area (TPSA) is 46.5 Å². The van der Waals surface area contributed by atoms with Crippen molar-refractivity contribution in [3.05, 3.63) is 35.4 Å². The molecule has 0 heterocycles. The van der Waals surface area contributed by atoms with Crippen LogP contribution in [0.4, 0.5) is 0 Å². The monoisotopic (exact) mass is 250 g/mol. The number of benzene rings is 1. The highest BCUT2D eigenvalue weighted by atomic mass is 17.1. The number of carbonyl (C=O) groups excluding carboxylic acids is 1. The summed E-state index contributed by atoms with van der Waals surface area (Å²) in [6, 6.07) is 7.28. The van der Waals surface area contributed by atoms with Crippen LogP contribution in [0.1, 0.15) is 61.4 Å². The fourth-order valence-electron chi connectivity index (χ4n) is 2.08. The number of rotatable bonds is 8. The van der Waals surface area contributed by atoms with Crippen LogP contribution in [-0.2, 0) is 11.3 Å². The SMILES string of the molecule is CCCCCCCCc1ccccc1C(=O)OO. The number of aryl methyl sites for hydroxylation is 1. The van der Waals surface area contributed by atoms with Gasteiger partial charge in [-0.2, -0.15) is 5.26 Å². The zero-order valence-corrected chi connectivity index (χ0v) is 11.0. The van der Waals surface area contributed by atoms with Gasteiger partial charge in [0.25, 0.3) is 0 Å². The van der Waals surface area contributed by atoms with E-state index < -0.39 is 5.97 Å². The quantitative estimate of drug-likeness (QED) is 0.427. The summed E-state index contributed by atoms with van der Waals surface area (Å²) in [4.78, 5) is 15.1. The highest BCUT2D eigenvalue weighted by Gasteiger charge is 2.11. The molecule has 0 aromatic heterocycles. The standard InChI is InChI=1S/C15H22O3/c1-2-3-4-5-6-7-10-13-11-8-9-12-14(13)15(16)18-17/h8-9,11-12,17H,2-7,10H2,1H3. The van der Waals surface area contributed by atoms with E-state index in [1.165, 1.54) is 32.1 Å². The van der Waals surface area contributed by atoms with Crippen LogP contribution in [0.25, 0.3) is 0 Å². The van der Waals surface area contributed by atoms with Gasteiger partial charge in [-0.05, 0) is 24.5 Å². The van der Waals surface area contributed by atoms with Gasteiger partial charge in [0.15, 0.2) is 0 Å². The molecule has 1 rings (SSSR count). The van der Waals surface area contributed by atoms with E-state index in [0.717, 1.165) is 18.4 Å². The second-order valence-corrected chi connectivity index (χ2v) is 4.55. The predicted molar refractivity (Wildman–Crippen MR) is 71.6 cm³/mol. The first-order valence-corrected chi connectivity index (χ1v) is 6.73. The Morgan fingerprint density at radius 1 is 1.11 bits per heavy atom. The van der Waals surface area contributed by atoms with Crippen LogP contribution in [0.2, 0.25) is 0 Å². The first kappa shape index (κ1) is 14.7. The summed E-state index contributed by atoms with van der Waals surface area (Å²) in [7, 11) is 0. The number of hydrogen-bond acceptors (Lipinski definition) is 3. The Morgan fingerprint density at radius 3 is 2.50 bits per heavy atom. The molecule has 0 bridgehead atoms. The Labute approximate surface area is 109 Å². The van der Waals surface area contributed by atoms with Gasteiger partial charge >= 0.3 is 5.97 Å². The van der Waals surface area contributed by atoms with Crippen molar-refractivity contribution in [3.63, 3.8) is 0 Å². The third-order valence-electron chi connectivity index (χ3n) is 3.12. The summed E-state index contributed by atoms with van der Waals surface area (Å²) >= 11 is 0. The van der Waals surface area contributed by atoms with E-state index in [1.54, 1.807) is 12.1 Å². The summed E-state index contributed by atoms with van der Waals surface area (Å²) in [5.74, 6) is -0.670. The molecule has 18 heavy (non-hydrogen) atoms. The average Bonchev–Trinajstić information content (AvgIpc) is 2.42. The molecule has 1 aromatic carbocycles. The van der Waals surface area contributed by atoms with Gasteiger partial charge in [0.05, 0.1) is 5.56 Å². The van der Waals surface area contributed by atoms with Gasteiger partial charge in [-0.15, -0.1) is 0 Å². The largest absolute Gasteiger partial charge is 0.373 e. The van der Waals surface area contributed by atoms with Gasteiger partial charge in [-0.3, -0.25) is 4.89 Å². The molecule has 3 heteroatoms. The minimum atomic E-state index is -0.670. The van der Waals surface area contributed by atoms with Crippen molar-refractivity contribution in [2.45, 2.75) is 51.9 Å². The van der Waals surface area contributed by atoms with Gasteiger partial charge in [0.2, 0.25) is 0 Å². The lowest BCUT2D eigenvalue weighted by Gasteiger charge is -2.06. The number of carbonyl (C=O) groups is 1. The summed E-state index contributed by atoms with van der Waals surface area (Å²) in [6.45, 7) is 2.21. The third-order valence-corrected chi connectivity index (χ3v) is 3.12. The van der Waals surface area contributed by atoms with E-state index >= 15 is 0 Å². The molecule has 1 aromatic rings. The minimum Gasteiger partial charge on any atom is -0.295 e. The highest BCUT2D eigenvalue weighted by molar-refractivity contribution is 5.90. The highest BCUT2D eigenvalue weighted by Crippen LogP contribution is 2.14. The number of hydrogen-bond donors (Lipinski definition) is 1. The molecule has 0 fully saturated rings. The maximum Gasteiger partial charge on any atom is 0.373 e. The lowest BCUT2D eigenvalue weighted by molar-refractivity contribution is -0.182. The molecule has 0 radical (unpaired) electrons. The Morgan fingerprint density at radius 2 is 1.78 bits per heavy atom. The van der Waals surface area contributed by atoms with Crippen LogP contribution in [0.15, 0.2) is 24.3 Å². The fourth-order valence-corrected chi connectivity index (χ4v) is 2.08. The Balaban J connectivity index is 2.39. The maximum absolute atomic E-state index is 11.3. The van der Waals surface area contributed by atoms with Crippen LogP contribution in [0, 0.1) is 0 Å². The normalized spacial score (nSPS) is 10.3. The van der Waals surface area contributed by atoms with E-state index in [2.05, 4.69) is 11.8 Å². The molecule has 0 saturated heterocycles. The smallest absolute Gasteiger partial charge is 0.295 e. The Bertz CT molecular complexity index is 361. The lowest BCUT2D eigenvalue weighted by atomic mass is 10.0. The van der Waals surface area contributed by atoms with Crippen LogP contribution in [0.5, 0.6) is 0 Å². The van der Waals surface area contributed by atoms with Gasteiger partial charge in [-0.25, -0.2) is 4.79 Å². The van der Waals surface area contributed by atoms with Crippen LogP contribution in [0.3, 0.4) is 0 Å². The van der Waals surface area contributed by atoms with E-state index in [0.29, 0.717) is 5.56 Å². The van der Waals surface area contributed by atoms with Crippen LogP contribution in [-0.4, -0.2) is 11.2 Å². The van der Waals surface area contributed by atoms with Crippen LogP contribution < -0.4 is 0 Å². The molecular weight excluding hydrogens is 228 g/mol. The molecule has 0 aliphatic rings. The van der Waals surface area contributed by atoms with E-state index in [1.807, 2.05) is 12.1 Å². The van der Waals surface area contributed by atoms with Gasteiger partial charge in [0, 0.05) is 0 Å². The summed E-state index contributed by atoms with van der Waals surface area (Å²) < 4.78 is 0. The molecule has 0 atom stereocenters. The molecule has 0 aliphatic heterocycles. The van der Waals surface area contributed by atoms with Crippen molar-refractivity contribution < 1.29 is 14.9 Å². The lowest BCUT2D eigenvalue weighted by Crippen LogP contribution is -2.05. The molecule has 0 spiro atoms. The molecule has 100 valence electrons. The summed E-state index contributed by atoms with van der Waals surface area (Å²) in [6.07, 6.45) is 8.20. The maximum atomic E-state index is 11.3. The van der Waals surface area contributed by atoms with Crippen molar-refractivity contribution in [1.29, 1.82) is 0 Å². The first-order valence-electron chi connectivity index (χ1n) is 6.73. The average molecular weight is 250 g/mol. The zero-order valence-electron chi connectivity index (χ0n) is 11.0. The fraction of sp³-hybridized carbons (Fsp3) is 0.533. The van der Waals surface area contributed by atoms with Gasteiger partial charge in [0.1, 0.15) is 0 Å². The second kappa shape index (κ2) is 8.70. The number of unbranched alkanes of at least 4 members (excludes halogenated alkanes) is 5. The van der Waals surface area contributed by atoms with Gasteiger partial charge < -0.3 is 0 Å². The van der Waals surface area contributed by atoms with E-state index in [-0.39, 0.29) is 0 Å². The Kier molecular flexibility index (Phi) is 7.11. The van der Waals surface area contributed by atoms with Crippen molar-refractivity contribution >= 4 is 5.97 Å². The van der Waals surface area contributed by atoms with Crippen molar-refractivity contribution in [1.82, 2.24) is 0 Å². The minimum absolute atomic E-state index is 0.466. The summed E-state index contributed by atoms with van der Waals surface area (Å²) in [5.41, 5.74) is 1.42. The molecule has 0 unspecified atom stereocenters. The van der Waals surface area contributed by atoms with E-state index in [9.17, 15) is 4.79 Å². The molecule has 0 amide bonds. The van der Waals surface area contributed by atoms with Crippen molar-refractivity contribution in [2.24, 2.45) is 0 Å². The Hall–Kier alpha value is -1.35. The first-order chi connectivity index (χ1) is 8.79. The molecule has 0 aliphatic carbocycles. The zero-order chi connectivity index (χ0) is 13.2.